The first-order valence-corrected chi connectivity index (χ1v) is 6.36. The van der Waals surface area contributed by atoms with Gasteiger partial charge in [0.1, 0.15) is 23.4 Å². The highest BCUT2D eigenvalue weighted by atomic mass is 16.5. The second-order valence-corrected chi connectivity index (χ2v) is 4.63. The molecule has 0 aliphatic heterocycles. The third kappa shape index (κ3) is 2.88. The van der Waals surface area contributed by atoms with Crippen LogP contribution < -0.4 is 19.9 Å². The van der Waals surface area contributed by atoms with E-state index in [4.69, 9.17) is 19.9 Å². The van der Waals surface area contributed by atoms with Gasteiger partial charge in [-0.25, -0.2) is 0 Å². The summed E-state index contributed by atoms with van der Waals surface area (Å²) in [5.74, 6) is 2.73. The van der Waals surface area contributed by atoms with Gasteiger partial charge in [-0.3, -0.25) is 0 Å². The van der Waals surface area contributed by atoms with Crippen molar-refractivity contribution in [3.8, 4) is 17.2 Å². The molecule has 1 aromatic rings. The molecule has 18 heavy (non-hydrogen) atoms. The maximum atomic E-state index is 6.02. The van der Waals surface area contributed by atoms with Gasteiger partial charge in [0.25, 0.3) is 0 Å². The Labute approximate surface area is 108 Å². The minimum atomic E-state index is 0.215. The molecule has 1 saturated carbocycles. The maximum absolute atomic E-state index is 6.02. The smallest absolute Gasteiger partial charge is 0.127 e. The lowest BCUT2D eigenvalue weighted by atomic mass is 10.1. The maximum Gasteiger partial charge on any atom is 0.127 e. The van der Waals surface area contributed by atoms with Gasteiger partial charge in [0.15, 0.2) is 0 Å². The average molecular weight is 251 g/mol. The monoisotopic (exact) mass is 251 g/mol. The van der Waals surface area contributed by atoms with Gasteiger partial charge in [0, 0.05) is 24.1 Å². The van der Waals surface area contributed by atoms with Crippen molar-refractivity contribution in [2.24, 2.45) is 11.7 Å². The Morgan fingerprint density at radius 3 is 2.22 bits per heavy atom. The Morgan fingerprint density at radius 1 is 1.06 bits per heavy atom. The van der Waals surface area contributed by atoms with Crippen LogP contribution in [0.15, 0.2) is 18.2 Å². The van der Waals surface area contributed by atoms with E-state index in [1.165, 1.54) is 6.42 Å². The third-order valence-corrected chi connectivity index (χ3v) is 3.50. The Morgan fingerprint density at radius 2 is 1.67 bits per heavy atom. The second kappa shape index (κ2) is 5.96. The molecule has 2 rings (SSSR count). The molecule has 2 N–H and O–H groups in total. The molecule has 1 aromatic carbocycles. The van der Waals surface area contributed by atoms with Gasteiger partial charge in [-0.1, -0.05) is 0 Å². The highest BCUT2D eigenvalue weighted by Crippen LogP contribution is 2.33. The van der Waals surface area contributed by atoms with Gasteiger partial charge in [0.2, 0.25) is 0 Å². The van der Waals surface area contributed by atoms with Crippen LogP contribution in [0.2, 0.25) is 0 Å². The normalized spacial score (nSPS) is 22.8. The first-order chi connectivity index (χ1) is 8.76. The van der Waals surface area contributed by atoms with Crippen molar-refractivity contribution in [2.75, 3.05) is 20.8 Å². The zero-order chi connectivity index (χ0) is 13.0. The molecule has 1 aliphatic carbocycles. The van der Waals surface area contributed by atoms with Crippen molar-refractivity contribution < 1.29 is 14.2 Å². The fourth-order valence-electron chi connectivity index (χ4n) is 2.45. The summed E-state index contributed by atoms with van der Waals surface area (Å²) in [7, 11) is 3.27. The molecule has 2 unspecified atom stereocenters. The van der Waals surface area contributed by atoms with Crippen molar-refractivity contribution in [3.05, 3.63) is 18.2 Å². The first-order valence-electron chi connectivity index (χ1n) is 6.36. The fraction of sp³-hybridized carbons (Fsp3) is 0.571. The van der Waals surface area contributed by atoms with Gasteiger partial charge < -0.3 is 19.9 Å². The van der Waals surface area contributed by atoms with Crippen LogP contribution in [0, 0.1) is 5.92 Å². The van der Waals surface area contributed by atoms with Crippen LogP contribution in [0.5, 0.6) is 17.2 Å². The number of rotatable bonds is 5. The topological polar surface area (TPSA) is 53.7 Å². The van der Waals surface area contributed by atoms with Crippen LogP contribution in [-0.4, -0.2) is 26.9 Å². The predicted molar refractivity (Wildman–Crippen MR) is 70.4 cm³/mol. The van der Waals surface area contributed by atoms with Crippen molar-refractivity contribution in [3.63, 3.8) is 0 Å². The quantitative estimate of drug-likeness (QED) is 0.871. The van der Waals surface area contributed by atoms with E-state index in [9.17, 15) is 0 Å². The standard InChI is InChI=1S/C14H21NO3/c1-16-11-6-12(17-2)8-13(7-11)18-14-5-3-4-10(14)9-15/h6-8,10,14H,3-5,9,15H2,1-2H3. The van der Waals surface area contributed by atoms with Crippen LogP contribution >= 0.6 is 0 Å². The van der Waals surface area contributed by atoms with E-state index in [1.54, 1.807) is 14.2 Å². The Kier molecular flexibility index (Phi) is 4.31. The molecule has 0 saturated heterocycles. The van der Waals surface area contributed by atoms with Crippen molar-refractivity contribution in [1.82, 2.24) is 0 Å². The number of methoxy groups -OCH3 is 2. The van der Waals surface area contributed by atoms with E-state index >= 15 is 0 Å². The molecule has 4 heteroatoms. The predicted octanol–water partition coefficient (Wildman–Crippen LogP) is 2.21. The van der Waals surface area contributed by atoms with Gasteiger partial charge in [0.05, 0.1) is 14.2 Å². The van der Waals surface area contributed by atoms with Crippen molar-refractivity contribution >= 4 is 0 Å². The molecule has 2 atom stereocenters. The molecule has 100 valence electrons. The zero-order valence-corrected chi connectivity index (χ0v) is 11.0. The summed E-state index contributed by atoms with van der Waals surface area (Å²) in [6.07, 6.45) is 3.63. The van der Waals surface area contributed by atoms with E-state index in [2.05, 4.69) is 0 Å². The highest BCUT2D eigenvalue weighted by molar-refractivity contribution is 5.42. The zero-order valence-electron chi connectivity index (χ0n) is 11.0. The Bertz CT molecular complexity index is 372. The van der Waals surface area contributed by atoms with Crippen LogP contribution in [0.3, 0.4) is 0 Å². The van der Waals surface area contributed by atoms with E-state index in [1.807, 2.05) is 18.2 Å². The summed E-state index contributed by atoms with van der Waals surface area (Å²) < 4.78 is 16.5. The molecular formula is C14H21NO3. The summed E-state index contributed by atoms with van der Waals surface area (Å²) in [5, 5.41) is 0. The number of hydrogen-bond donors (Lipinski definition) is 1. The largest absolute Gasteiger partial charge is 0.496 e. The Balaban J connectivity index is 2.12. The molecule has 1 aliphatic rings. The van der Waals surface area contributed by atoms with Gasteiger partial charge in [-0.2, -0.15) is 0 Å². The van der Waals surface area contributed by atoms with E-state index in [0.29, 0.717) is 12.5 Å². The highest BCUT2D eigenvalue weighted by Gasteiger charge is 2.27. The van der Waals surface area contributed by atoms with E-state index in [-0.39, 0.29) is 6.10 Å². The van der Waals surface area contributed by atoms with Crippen LogP contribution in [0.4, 0.5) is 0 Å². The third-order valence-electron chi connectivity index (χ3n) is 3.50. The van der Waals surface area contributed by atoms with Crippen LogP contribution in [0.25, 0.3) is 0 Å². The van der Waals surface area contributed by atoms with Crippen molar-refractivity contribution in [2.45, 2.75) is 25.4 Å². The molecule has 0 aromatic heterocycles. The van der Waals surface area contributed by atoms with Crippen LogP contribution in [0.1, 0.15) is 19.3 Å². The van der Waals surface area contributed by atoms with Gasteiger partial charge in [-0.15, -0.1) is 0 Å². The minimum absolute atomic E-state index is 0.215. The SMILES string of the molecule is COc1cc(OC)cc(OC2CCCC2CN)c1. The molecule has 0 heterocycles. The van der Waals surface area contributed by atoms with Crippen LogP contribution in [-0.2, 0) is 0 Å². The van der Waals surface area contributed by atoms with Crippen molar-refractivity contribution in [1.29, 1.82) is 0 Å². The number of nitrogens with two attached hydrogens (primary N) is 1. The number of hydrogen-bond acceptors (Lipinski definition) is 4. The summed E-state index contributed by atoms with van der Waals surface area (Å²) in [4.78, 5) is 0. The lowest BCUT2D eigenvalue weighted by Crippen LogP contribution is -2.27. The lowest BCUT2D eigenvalue weighted by Gasteiger charge is -2.20. The summed E-state index contributed by atoms with van der Waals surface area (Å²) in [6.45, 7) is 0.686. The summed E-state index contributed by atoms with van der Waals surface area (Å²) >= 11 is 0. The summed E-state index contributed by atoms with van der Waals surface area (Å²) in [5.41, 5.74) is 5.76. The molecule has 4 nitrogen and oxygen atoms in total. The molecule has 0 radical (unpaired) electrons. The summed E-state index contributed by atoms with van der Waals surface area (Å²) in [6, 6.07) is 5.60. The molecule has 1 fully saturated rings. The van der Waals surface area contributed by atoms with Gasteiger partial charge in [-0.05, 0) is 25.8 Å². The fourth-order valence-corrected chi connectivity index (χ4v) is 2.45. The average Bonchev–Trinajstić information content (AvgIpc) is 2.85. The second-order valence-electron chi connectivity index (χ2n) is 4.63. The molecule has 0 amide bonds. The van der Waals surface area contributed by atoms with Gasteiger partial charge >= 0.3 is 0 Å². The van der Waals surface area contributed by atoms with E-state index in [0.717, 1.165) is 30.1 Å². The molecule has 0 spiro atoms. The Hall–Kier alpha value is -1.42. The number of ether oxygens (including phenoxy) is 3. The lowest BCUT2D eigenvalue weighted by molar-refractivity contribution is 0.161. The molecular weight excluding hydrogens is 230 g/mol. The first kappa shape index (κ1) is 13.0. The van der Waals surface area contributed by atoms with E-state index < -0.39 is 0 Å². The number of benzene rings is 1. The minimum Gasteiger partial charge on any atom is -0.496 e. The molecule has 0 bridgehead atoms.